The van der Waals surface area contributed by atoms with Crippen molar-refractivity contribution < 1.29 is 19.1 Å². The molecule has 3 unspecified atom stereocenters. The van der Waals surface area contributed by atoms with E-state index in [1.807, 2.05) is 60.7 Å². The van der Waals surface area contributed by atoms with Gasteiger partial charge in [-0.3, -0.25) is 9.59 Å². The summed E-state index contributed by atoms with van der Waals surface area (Å²) in [5.41, 5.74) is 7.53. The number of carbonyl (C=O) groups is 3. The second kappa shape index (κ2) is 12.1. The summed E-state index contributed by atoms with van der Waals surface area (Å²) in [5.74, 6) is -0.524. The van der Waals surface area contributed by atoms with Crippen LogP contribution < -0.4 is 16.4 Å². The lowest BCUT2D eigenvalue weighted by Gasteiger charge is -2.34. The van der Waals surface area contributed by atoms with Crippen molar-refractivity contribution in [3.05, 3.63) is 83.4 Å². The molecule has 1 fully saturated rings. The zero-order chi connectivity index (χ0) is 26.3. The van der Waals surface area contributed by atoms with Crippen molar-refractivity contribution in [2.75, 3.05) is 0 Å². The summed E-state index contributed by atoms with van der Waals surface area (Å²) in [7, 11) is 0. The number of allylic oxidation sites excluding steroid dienone is 1. The highest BCUT2D eigenvalue weighted by Gasteiger charge is 2.36. The van der Waals surface area contributed by atoms with Crippen molar-refractivity contribution in [2.24, 2.45) is 11.7 Å². The number of carbonyl (C=O) groups excluding carboxylic acids is 3. The van der Waals surface area contributed by atoms with Gasteiger partial charge in [-0.2, -0.15) is 0 Å². The van der Waals surface area contributed by atoms with Crippen molar-refractivity contribution in [3.8, 4) is 0 Å². The molecule has 0 bridgehead atoms. The molecule has 0 spiro atoms. The molecule has 0 radical (unpaired) electrons. The largest absolute Gasteiger partial charge is 0.446 e. The highest BCUT2D eigenvalue weighted by molar-refractivity contribution is 5.93. The Morgan fingerprint density at radius 3 is 2.35 bits per heavy atom. The van der Waals surface area contributed by atoms with Gasteiger partial charge < -0.3 is 21.1 Å². The lowest BCUT2D eigenvalue weighted by atomic mass is 9.77. The number of fused-ring (bicyclic) bond motifs is 1. The van der Waals surface area contributed by atoms with Crippen molar-refractivity contribution in [1.29, 1.82) is 0 Å². The average molecular weight is 504 g/mol. The Kier molecular flexibility index (Phi) is 8.64. The topological polar surface area (TPSA) is 111 Å². The highest BCUT2D eigenvalue weighted by Crippen LogP contribution is 2.37. The van der Waals surface area contributed by atoms with Crippen molar-refractivity contribution in [1.82, 2.24) is 10.6 Å². The number of benzene rings is 2. The first kappa shape index (κ1) is 26.5. The van der Waals surface area contributed by atoms with Crippen LogP contribution in [0.15, 0.2) is 72.3 Å². The van der Waals surface area contributed by atoms with E-state index in [1.165, 1.54) is 18.4 Å². The molecule has 0 aliphatic heterocycles. The second-order valence-corrected chi connectivity index (χ2v) is 10.5. The van der Waals surface area contributed by atoms with Crippen LogP contribution in [-0.2, 0) is 27.2 Å². The van der Waals surface area contributed by atoms with Gasteiger partial charge in [0.25, 0.3) is 0 Å². The molecule has 7 heteroatoms. The fourth-order valence-corrected chi connectivity index (χ4v) is 5.38. The fourth-order valence-electron chi connectivity index (χ4n) is 5.38. The Bertz CT molecular complexity index is 1120. The summed E-state index contributed by atoms with van der Waals surface area (Å²) in [4.78, 5) is 38.8. The zero-order valence-electron chi connectivity index (χ0n) is 21.5. The highest BCUT2D eigenvalue weighted by atomic mass is 16.6. The average Bonchev–Trinajstić information content (AvgIpc) is 2.89. The minimum Gasteiger partial charge on any atom is -0.446 e. The fraction of sp³-hybridized carbons (Fsp3) is 0.433. The molecule has 196 valence electrons. The Labute approximate surface area is 218 Å². The van der Waals surface area contributed by atoms with E-state index in [9.17, 15) is 14.4 Å². The van der Waals surface area contributed by atoms with E-state index in [4.69, 9.17) is 10.5 Å². The molecule has 2 aliphatic rings. The molecular weight excluding hydrogens is 466 g/mol. The van der Waals surface area contributed by atoms with Gasteiger partial charge in [0, 0.05) is 19.3 Å². The Morgan fingerprint density at radius 1 is 1.00 bits per heavy atom. The third kappa shape index (κ3) is 7.21. The van der Waals surface area contributed by atoms with E-state index in [0.717, 1.165) is 36.8 Å². The number of hydrogen-bond donors (Lipinski definition) is 3. The van der Waals surface area contributed by atoms with Crippen LogP contribution in [-0.4, -0.2) is 35.6 Å². The van der Waals surface area contributed by atoms with E-state index in [-0.39, 0.29) is 18.9 Å². The zero-order valence-corrected chi connectivity index (χ0v) is 21.5. The van der Waals surface area contributed by atoms with Gasteiger partial charge in [0.1, 0.15) is 17.7 Å². The molecule has 0 aromatic heterocycles. The van der Waals surface area contributed by atoms with Crippen molar-refractivity contribution in [3.63, 3.8) is 0 Å². The van der Waals surface area contributed by atoms with Crippen LogP contribution in [0.4, 0.5) is 4.79 Å². The normalized spacial score (nSPS) is 21.4. The van der Waals surface area contributed by atoms with Gasteiger partial charge in [0.05, 0.1) is 0 Å². The van der Waals surface area contributed by atoms with Crippen molar-refractivity contribution in [2.45, 2.75) is 76.0 Å². The number of amides is 3. The molecule has 3 amide bonds. The van der Waals surface area contributed by atoms with Crippen LogP contribution in [0.25, 0.3) is 0 Å². The maximum Gasteiger partial charge on any atom is 0.408 e. The van der Waals surface area contributed by atoms with Crippen LogP contribution in [0.5, 0.6) is 0 Å². The Hall–Kier alpha value is -3.61. The van der Waals surface area contributed by atoms with Crippen molar-refractivity contribution >= 4 is 17.9 Å². The van der Waals surface area contributed by atoms with Gasteiger partial charge in [-0.1, -0.05) is 72.3 Å². The first-order valence-corrected chi connectivity index (χ1v) is 13.2. The van der Waals surface area contributed by atoms with Crippen LogP contribution >= 0.6 is 0 Å². The third-order valence-corrected chi connectivity index (χ3v) is 7.50. The number of rotatable bonds is 9. The van der Waals surface area contributed by atoms with E-state index in [2.05, 4.69) is 16.7 Å². The minimum absolute atomic E-state index is 0.199. The van der Waals surface area contributed by atoms with Gasteiger partial charge in [-0.05, 0) is 56.1 Å². The third-order valence-electron chi connectivity index (χ3n) is 7.50. The number of ether oxygens (including phenoxy) is 1. The van der Waals surface area contributed by atoms with Gasteiger partial charge in [0.2, 0.25) is 11.8 Å². The van der Waals surface area contributed by atoms with Crippen LogP contribution in [0.1, 0.15) is 56.6 Å². The quantitative estimate of drug-likeness (QED) is 0.445. The maximum absolute atomic E-state index is 13.5. The van der Waals surface area contributed by atoms with Crippen LogP contribution in [0, 0.1) is 5.92 Å². The number of primary amides is 1. The van der Waals surface area contributed by atoms with E-state index in [0.29, 0.717) is 5.92 Å². The molecule has 0 heterocycles. The van der Waals surface area contributed by atoms with Crippen LogP contribution in [0.3, 0.4) is 0 Å². The lowest BCUT2D eigenvalue weighted by Crippen LogP contribution is -2.61. The summed E-state index contributed by atoms with van der Waals surface area (Å²) in [6, 6.07) is 17.9. The maximum atomic E-state index is 13.5. The molecule has 2 aromatic rings. The molecule has 4 atom stereocenters. The second-order valence-electron chi connectivity index (χ2n) is 10.5. The molecular formula is C30H37N3O4. The molecule has 4 N–H and O–H groups in total. The van der Waals surface area contributed by atoms with Gasteiger partial charge >= 0.3 is 6.09 Å². The predicted octanol–water partition coefficient (Wildman–Crippen LogP) is 4.21. The molecule has 2 aliphatic carbocycles. The molecule has 0 saturated heterocycles. The number of nitrogens with two attached hydrogens (primary N) is 1. The van der Waals surface area contributed by atoms with Gasteiger partial charge in [-0.15, -0.1) is 0 Å². The SMILES string of the molecule is CC(Cc1ccccc1)(NC(=O)[C@H](Cc1ccccc1)NC(=O)OC1CCC2CCCC=C2C1)C(N)=O. The predicted molar refractivity (Wildman–Crippen MR) is 143 cm³/mol. The molecule has 7 nitrogen and oxygen atoms in total. The number of nitrogens with one attached hydrogen (secondary N) is 2. The van der Waals surface area contributed by atoms with E-state index in [1.54, 1.807) is 6.92 Å². The van der Waals surface area contributed by atoms with E-state index < -0.39 is 29.5 Å². The Balaban J connectivity index is 1.45. The first-order valence-electron chi connectivity index (χ1n) is 13.2. The van der Waals surface area contributed by atoms with Gasteiger partial charge in [0.15, 0.2) is 0 Å². The van der Waals surface area contributed by atoms with E-state index >= 15 is 0 Å². The van der Waals surface area contributed by atoms with Crippen LogP contribution in [0.2, 0.25) is 0 Å². The molecule has 4 rings (SSSR count). The summed E-state index contributed by atoms with van der Waals surface area (Å²) >= 11 is 0. The number of hydrogen-bond acceptors (Lipinski definition) is 4. The summed E-state index contributed by atoms with van der Waals surface area (Å²) in [6.07, 6.45) is 8.08. The monoisotopic (exact) mass is 503 g/mol. The van der Waals surface area contributed by atoms with Gasteiger partial charge in [-0.25, -0.2) is 4.79 Å². The molecule has 2 aromatic carbocycles. The standard InChI is InChI=1S/C30H37N3O4/c1-30(28(31)35,20-22-12-6-3-7-13-22)33-27(34)26(18-21-10-4-2-5-11-21)32-29(36)37-25-17-16-23-14-8-9-15-24(23)19-25/h2-7,10-13,15,23,25-26H,8-9,14,16-20H2,1H3,(H2,31,35)(H,32,36)(H,33,34)/t23?,25?,26-,30?/m0/s1. The molecule has 1 saturated carbocycles. The smallest absolute Gasteiger partial charge is 0.408 e. The summed E-state index contributed by atoms with van der Waals surface area (Å²) in [6.45, 7) is 1.61. The summed E-state index contributed by atoms with van der Waals surface area (Å²) in [5, 5.41) is 5.58. The number of alkyl carbamates (subject to hydrolysis) is 1. The lowest BCUT2D eigenvalue weighted by molar-refractivity contribution is -0.132. The summed E-state index contributed by atoms with van der Waals surface area (Å²) < 4.78 is 5.77. The first-order chi connectivity index (χ1) is 17.8. The molecule has 37 heavy (non-hydrogen) atoms. The Morgan fingerprint density at radius 2 is 1.68 bits per heavy atom. The minimum atomic E-state index is -1.33.